The standard InChI is InChI=1S/C23H30N4O3S/c1-5-11-27-22(29)21-20(17-13-16(30-4)9-10-18(17)25(21)3)24-23(27)31-14-19(28)26-12-7-6-8-15(26)2/h9-10,13,15H,5-8,11-12,14H2,1-4H3. The molecule has 1 amide bonds. The van der Waals surface area contributed by atoms with Crippen molar-refractivity contribution in [1.82, 2.24) is 19.0 Å². The molecular weight excluding hydrogens is 412 g/mol. The zero-order valence-corrected chi connectivity index (χ0v) is 19.5. The maximum Gasteiger partial charge on any atom is 0.278 e. The van der Waals surface area contributed by atoms with Crippen LogP contribution >= 0.6 is 11.8 Å². The van der Waals surface area contributed by atoms with Crippen LogP contribution in [0.3, 0.4) is 0 Å². The highest BCUT2D eigenvalue weighted by molar-refractivity contribution is 7.99. The quantitative estimate of drug-likeness (QED) is 0.429. The number of carbonyl (C=O) groups is 1. The first-order chi connectivity index (χ1) is 15.0. The van der Waals surface area contributed by atoms with Gasteiger partial charge in [-0.25, -0.2) is 4.98 Å². The van der Waals surface area contributed by atoms with Crippen molar-refractivity contribution in [2.75, 3.05) is 19.4 Å². The van der Waals surface area contributed by atoms with Gasteiger partial charge in [-0.1, -0.05) is 18.7 Å². The van der Waals surface area contributed by atoms with Crippen LogP contribution in [0.5, 0.6) is 5.75 Å². The van der Waals surface area contributed by atoms with Crippen LogP contribution in [-0.4, -0.2) is 50.4 Å². The molecule has 8 heteroatoms. The third-order valence-corrected chi connectivity index (χ3v) is 7.12. The Bertz CT molecular complexity index is 1180. The molecule has 2 aromatic heterocycles. The number of thioether (sulfide) groups is 1. The number of likely N-dealkylation sites (tertiary alicyclic amines) is 1. The van der Waals surface area contributed by atoms with Crippen molar-refractivity contribution in [2.24, 2.45) is 7.05 Å². The maximum absolute atomic E-state index is 13.4. The summed E-state index contributed by atoms with van der Waals surface area (Å²) in [5.41, 5.74) is 2.11. The maximum atomic E-state index is 13.4. The van der Waals surface area contributed by atoms with Gasteiger partial charge in [-0.2, -0.15) is 0 Å². The molecule has 3 heterocycles. The van der Waals surface area contributed by atoms with Crippen LogP contribution in [0.1, 0.15) is 39.5 Å². The molecule has 0 N–H and O–H groups in total. The average molecular weight is 443 g/mol. The van der Waals surface area contributed by atoms with Gasteiger partial charge in [-0.3, -0.25) is 14.2 Å². The first-order valence-corrected chi connectivity index (χ1v) is 11.9. The van der Waals surface area contributed by atoms with Gasteiger partial charge in [0.2, 0.25) is 5.91 Å². The predicted molar refractivity (Wildman–Crippen MR) is 125 cm³/mol. The van der Waals surface area contributed by atoms with Gasteiger partial charge >= 0.3 is 0 Å². The Hall–Kier alpha value is -2.48. The summed E-state index contributed by atoms with van der Waals surface area (Å²) in [4.78, 5) is 33.2. The minimum Gasteiger partial charge on any atom is -0.497 e. The molecule has 1 aliphatic heterocycles. The normalized spacial score (nSPS) is 16.9. The van der Waals surface area contributed by atoms with Crippen molar-refractivity contribution < 1.29 is 9.53 Å². The fourth-order valence-corrected chi connectivity index (χ4v) is 5.37. The van der Waals surface area contributed by atoms with Gasteiger partial charge in [0, 0.05) is 31.6 Å². The van der Waals surface area contributed by atoms with Crippen molar-refractivity contribution in [1.29, 1.82) is 0 Å². The number of aromatic nitrogens is 3. The fourth-order valence-electron chi connectivity index (χ4n) is 4.47. The van der Waals surface area contributed by atoms with Crippen LogP contribution in [0.25, 0.3) is 21.9 Å². The van der Waals surface area contributed by atoms with Gasteiger partial charge < -0.3 is 14.2 Å². The first kappa shape index (κ1) is 21.7. The Morgan fingerprint density at radius 3 is 2.84 bits per heavy atom. The highest BCUT2D eigenvalue weighted by Crippen LogP contribution is 2.30. The second kappa shape index (κ2) is 8.94. The Morgan fingerprint density at radius 1 is 1.32 bits per heavy atom. The molecule has 4 rings (SSSR count). The molecule has 31 heavy (non-hydrogen) atoms. The van der Waals surface area contributed by atoms with Gasteiger partial charge in [-0.15, -0.1) is 0 Å². The molecule has 1 saturated heterocycles. The number of amides is 1. The number of methoxy groups -OCH3 is 1. The summed E-state index contributed by atoms with van der Waals surface area (Å²) in [6, 6.07) is 6.04. The number of fused-ring (bicyclic) bond motifs is 3. The lowest BCUT2D eigenvalue weighted by atomic mass is 10.0. The third kappa shape index (κ3) is 3.93. The van der Waals surface area contributed by atoms with E-state index in [0.717, 1.165) is 42.5 Å². The van der Waals surface area contributed by atoms with E-state index in [1.807, 2.05) is 41.6 Å². The highest BCUT2D eigenvalue weighted by Gasteiger charge is 2.24. The minimum absolute atomic E-state index is 0.0641. The Kier molecular flexibility index (Phi) is 6.27. The number of benzene rings is 1. The Balaban J connectivity index is 1.76. The highest BCUT2D eigenvalue weighted by atomic mass is 32.2. The van der Waals surface area contributed by atoms with E-state index in [9.17, 15) is 9.59 Å². The van der Waals surface area contributed by atoms with Crippen LogP contribution in [-0.2, 0) is 18.4 Å². The van der Waals surface area contributed by atoms with Crippen LogP contribution in [0, 0.1) is 0 Å². The molecular formula is C23H30N4O3S. The van der Waals surface area contributed by atoms with E-state index in [1.165, 1.54) is 18.2 Å². The number of carbonyl (C=O) groups excluding carboxylic acids is 1. The lowest BCUT2D eigenvalue weighted by Crippen LogP contribution is -2.43. The van der Waals surface area contributed by atoms with Crippen LogP contribution in [0.4, 0.5) is 0 Å². The van der Waals surface area contributed by atoms with E-state index in [4.69, 9.17) is 9.72 Å². The second-order valence-electron chi connectivity index (χ2n) is 8.21. The molecule has 1 aliphatic rings. The largest absolute Gasteiger partial charge is 0.497 e. The SMILES string of the molecule is CCCn1c(SCC(=O)N2CCCCC2C)nc2c3cc(OC)ccc3n(C)c2c1=O. The third-order valence-electron chi connectivity index (χ3n) is 6.16. The first-order valence-electron chi connectivity index (χ1n) is 11.0. The van der Waals surface area contributed by atoms with E-state index in [-0.39, 0.29) is 17.5 Å². The van der Waals surface area contributed by atoms with Crippen LogP contribution in [0.2, 0.25) is 0 Å². The predicted octanol–water partition coefficient (Wildman–Crippen LogP) is 3.80. The lowest BCUT2D eigenvalue weighted by Gasteiger charge is -2.33. The van der Waals surface area contributed by atoms with Crippen molar-refractivity contribution in [2.45, 2.75) is 57.3 Å². The van der Waals surface area contributed by atoms with E-state index < -0.39 is 0 Å². The van der Waals surface area contributed by atoms with Crippen molar-refractivity contribution in [3.05, 3.63) is 28.6 Å². The van der Waals surface area contributed by atoms with E-state index in [1.54, 1.807) is 11.7 Å². The van der Waals surface area contributed by atoms with Crippen molar-refractivity contribution in [3.63, 3.8) is 0 Å². The summed E-state index contributed by atoms with van der Waals surface area (Å²) in [5, 5.41) is 1.49. The minimum atomic E-state index is -0.0641. The molecule has 3 aromatic rings. The summed E-state index contributed by atoms with van der Waals surface area (Å²) in [6.07, 6.45) is 4.11. The molecule has 166 valence electrons. The zero-order valence-electron chi connectivity index (χ0n) is 18.7. The molecule has 0 bridgehead atoms. The van der Waals surface area contributed by atoms with Crippen molar-refractivity contribution >= 4 is 39.6 Å². The topological polar surface area (TPSA) is 69.4 Å². The number of piperidine rings is 1. The number of nitrogens with zero attached hydrogens (tertiary/aromatic N) is 4. The molecule has 1 unspecified atom stereocenters. The van der Waals surface area contributed by atoms with Gasteiger partial charge in [0.1, 0.15) is 16.8 Å². The van der Waals surface area contributed by atoms with Gasteiger partial charge in [0.25, 0.3) is 5.56 Å². The number of rotatable bonds is 6. The molecule has 0 aliphatic carbocycles. The fraction of sp³-hybridized carbons (Fsp3) is 0.522. The summed E-state index contributed by atoms with van der Waals surface area (Å²) < 4.78 is 9.01. The zero-order chi connectivity index (χ0) is 22.1. The monoisotopic (exact) mass is 442 g/mol. The summed E-state index contributed by atoms with van der Waals surface area (Å²) in [7, 11) is 3.52. The van der Waals surface area contributed by atoms with E-state index in [2.05, 4.69) is 6.92 Å². The lowest BCUT2D eigenvalue weighted by molar-refractivity contribution is -0.131. The molecule has 7 nitrogen and oxygen atoms in total. The smallest absolute Gasteiger partial charge is 0.278 e. The number of ether oxygens (including phenoxy) is 1. The molecule has 0 spiro atoms. The summed E-state index contributed by atoms with van der Waals surface area (Å²) in [5.74, 6) is 1.14. The molecule has 0 radical (unpaired) electrons. The van der Waals surface area contributed by atoms with Gasteiger partial charge in [0.05, 0.1) is 18.4 Å². The molecule has 1 aromatic carbocycles. The molecule has 1 atom stereocenters. The van der Waals surface area contributed by atoms with Gasteiger partial charge in [-0.05, 0) is 50.8 Å². The number of aryl methyl sites for hydroxylation is 1. The second-order valence-corrected chi connectivity index (χ2v) is 9.15. The average Bonchev–Trinajstić information content (AvgIpc) is 3.06. The van der Waals surface area contributed by atoms with Gasteiger partial charge in [0.15, 0.2) is 5.16 Å². The summed E-state index contributed by atoms with van der Waals surface area (Å²) >= 11 is 1.37. The number of hydrogen-bond acceptors (Lipinski definition) is 5. The summed E-state index contributed by atoms with van der Waals surface area (Å²) in [6.45, 7) is 5.54. The van der Waals surface area contributed by atoms with E-state index >= 15 is 0 Å². The Labute approximate surface area is 186 Å². The molecule has 1 fully saturated rings. The van der Waals surface area contributed by atoms with Crippen molar-refractivity contribution in [3.8, 4) is 5.75 Å². The molecule has 0 saturated carbocycles. The van der Waals surface area contributed by atoms with Crippen LogP contribution < -0.4 is 10.3 Å². The number of hydrogen-bond donors (Lipinski definition) is 0. The van der Waals surface area contributed by atoms with E-state index in [0.29, 0.717) is 28.5 Å². The van der Waals surface area contributed by atoms with Crippen LogP contribution in [0.15, 0.2) is 28.2 Å². The Morgan fingerprint density at radius 2 is 2.13 bits per heavy atom.